The first-order valence-electron chi connectivity index (χ1n) is 7.92. The minimum Gasteiger partial charge on any atom is -0.464 e. The summed E-state index contributed by atoms with van der Waals surface area (Å²) in [6, 6.07) is 13.0. The Morgan fingerprint density at radius 3 is 2.86 bits per heavy atom. The molecule has 1 aliphatic carbocycles. The van der Waals surface area contributed by atoms with Gasteiger partial charge in [-0.25, -0.2) is 0 Å². The van der Waals surface area contributed by atoms with Gasteiger partial charge in [0.25, 0.3) is 0 Å². The molecule has 3 atom stereocenters. The maximum Gasteiger partial charge on any atom is 0.127 e. The first kappa shape index (κ1) is 13.0. The van der Waals surface area contributed by atoms with Crippen molar-refractivity contribution in [2.75, 3.05) is 18.0 Å². The van der Waals surface area contributed by atoms with Crippen LogP contribution in [0.15, 0.2) is 40.8 Å². The average molecular weight is 282 g/mol. The molecule has 1 aromatic heterocycles. The van der Waals surface area contributed by atoms with Crippen LogP contribution in [0.3, 0.4) is 0 Å². The quantitative estimate of drug-likeness (QED) is 0.933. The highest BCUT2D eigenvalue weighted by Gasteiger charge is 2.37. The fourth-order valence-corrected chi connectivity index (χ4v) is 3.55. The van der Waals surface area contributed by atoms with Crippen LogP contribution in [0.1, 0.15) is 42.4 Å². The molecule has 3 heteroatoms. The first-order chi connectivity index (χ1) is 10.3. The number of nitrogens with two attached hydrogens (primary N) is 1. The van der Waals surface area contributed by atoms with E-state index in [0.717, 1.165) is 30.4 Å². The number of furan rings is 1. The van der Waals surface area contributed by atoms with Crippen LogP contribution in [0.2, 0.25) is 0 Å². The minimum absolute atomic E-state index is 0.149. The van der Waals surface area contributed by atoms with Gasteiger partial charge in [0.2, 0.25) is 0 Å². The molecule has 110 valence electrons. The standard InChI is InChI=1S/C18H22N2O/c1-12-10-14(12)17-6-7-18(21-17)16(11-19)20-9-8-13-4-2-3-5-15(13)20/h2-7,12,14,16H,8-11,19H2,1H3. The molecule has 21 heavy (non-hydrogen) atoms. The van der Waals surface area contributed by atoms with Crippen molar-refractivity contribution in [3.05, 3.63) is 53.5 Å². The topological polar surface area (TPSA) is 42.4 Å². The summed E-state index contributed by atoms with van der Waals surface area (Å²) in [7, 11) is 0. The lowest BCUT2D eigenvalue weighted by atomic mass is 10.1. The highest BCUT2D eigenvalue weighted by Crippen LogP contribution is 2.48. The van der Waals surface area contributed by atoms with Gasteiger partial charge in [0.1, 0.15) is 11.5 Å². The second-order valence-electron chi connectivity index (χ2n) is 6.38. The van der Waals surface area contributed by atoms with Crippen LogP contribution in [0.4, 0.5) is 5.69 Å². The summed E-state index contributed by atoms with van der Waals surface area (Å²) in [5.41, 5.74) is 8.79. The molecule has 4 rings (SSSR count). The van der Waals surface area contributed by atoms with Gasteiger partial charge in [0.15, 0.2) is 0 Å². The Morgan fingerprint density at radius 1 is 1.29 bits per heavy atom. The van der Waals surface area contributed by atoms with Crippen molar-refractivity contribution in [3.63, 3.8) is 0 Å². The van der Waals surface area contributed by atoms with Crippen molar-refractivity contribution in [1.82, 2.24) is 0 Å². The van der Waals surface area contributed by atoms with Crippen molar-refractivity contribution in [1.29, 1.82) is 0 Å². The summed E-state index contributed by atoms with van der Waals surface area (Å²) in [4.78, 5) is 2.40. The summed E-state index contributed by atoms with van der Waals surface area (Å²) in [5, 5.41) is 0. The third kappa shape index (κ3) is 2.16. The van der Waals surface area contributed by atoms with Crippen molar-refractivity contribution in [2.45, 2.75) is 31.7 Å². The third-order valence-corrected chi connectivity index (χ3v) is 4.97. The Hall–Kier alpha value is -1.74. The Bertz CT molecular complexity index is 648. The van der Waals surface area contributed by atoms with E-state index in [1.165, 1.54) is 17.7 Å². The molecular weight excluding hydrogens is 260 g/mol. The molecule has 1 fully saturated rings. The van der Waals surface area contributed by atoms with Gasteiger partial charge in [-0.3, -0.25) is 0 Å². The van der Waals surface area contributed by atoms with Crippen molar-refractivity contribution in [3.8, 4) is 0 Å². The summed E-state index contributed by atoms with van der Waals surface area (Å²) < 4.78 is 6.14. The number of fused-ring (bicyclic) bond motifs is 1. The second kappa shape index (κ2) is 4.92. The van der Waals surface area contributed by atoms with E-state index >= 15 is 0 Å². The molecule has 1 aromatic carbocycles. The van der Waals surface area contributed by atoms with Crippen LogP contribution in [0, 0.1) is 5.92 Å². The first-order valence-corrected chi connectivity index (χ1v) is 7.92. The monoisotopic (exact) mass is 282 g/mol. The van der Waals surface area contributed by atoms with E-state index in [0.29, 0.717) is 12.5 Å². The Kier molecular flexibility index (Phi) is 3.03. The zero-order valence-corrected chi connectivity index (χ0v) is 12.5. The van der Waals surface area contributed by atoms with E-state index in [1.54, 1.807) is 0 Å². The number of hydrogen-bond acceptors (Lipinski definition) is 3. The fourth-order valence-electron chi connectivity index (χ4n) is 3.55. The van der Waals surface area contributed by atoms with Crippen LogP contribution in [0.25, 0.3) is 0 Å². The van der Waals surface area contributed by atoms with Gasteiger partial charge in [0.05, 0.1) is 6.04 Å². The SMILES string of the molecule is CC1CC1c1ccc(C(CN)N2CCc3ccccc32)o1. The molecule has 2 aliphatic rings. The van der Waals surface area contributed by atoms with Crippen LogP contribution in [0.5, 0.6) is 0 Å². The minimum atomic E-state index is 0.149. The number of benzene rings is 1. The van der Waals surface area contributed by atoms with Crippen LogP contribution in [-0.2, 0) is 6.42 Å². The molecule has 0 spiro atoms. The van der Waals surface area contributed by atoms with E-state index < -0.39 is 0 Å². The van der Waals surface area contributed by atoms with Gasteiger partial charge in [0, 0.05) is 24.7 Å². The van der Waals surface area contributed by atoms with Crippen molar-refractivity contribution >= 4 is 5.69 Å². The highest BCUT2D eigenvalue weighted by atomic mass is 16.3. The zero-order valence-electron chi connectivity index (χ0n) is 12.5. The molecule has 2 N–H and O–H groups in total. The number of hydrogen-bond donors (Lipinski definition) is 1. The molecule has 3 nitrogen and oxygen atoms in total. The number of nitrogens with zero attached hydrogens (tertiary/aromatic N) is 1. The predicted molar refractivity (Wildman–Crippen MR) is 84.5 cm³/mol. The average Bonchev–Trinajstić information content (AvgIpc) is 2.94. The van der Waals surface area contributed by atoms with E-state index in [4.69, 9.17) is 10.2 Å². The molecule has 2 aromatic rings. The summed E-state index contributed by atoms with van der Waals surface area (Å²) in [6.07, 6.45) is 2.35. The Morgan fingerprint density at radius 2 is 2.10 bits per heavy atom. The molecule has 0 radical (unpaired) electrons. The lowest BCUT2D eigenvalue weighted by molar-refractivity contribution is 0.422. The molecule has 2 heterocycles. The number of anilines is 1. The summed E-state index contributed by atoms with van der Waals surface area (Å²) in [5.74, 6) is 3.56. The van der Waals surface area contributed by atoms with Gasteiger partial charge in [-0.1, -0.05) is 25.1 Å². The number of rotatable bonds is 4. The van der Waals surface area contributed by atoms with Crippen LogP contribution >= 0.6 is 0 Å². The van der Waals surface area contributed by atoms with Gasteiger partial charge < -0.3 is 15.1 Å². The van der Waals surface area contributed by atoms with Crippen molar-refractivity contribution < 1.29 is 4.42 Å². The van der Waals surface area contributed by atoms with Crippen LogP contribution in [-0.4, -0.2) is 13.1 Å². The summed E-state index contributed by atoms with van der Waals surface area (Å²) in [6.45, 7) is 3.89. The van der Waals surface area contributed by atoms with E-state index in [-0.39, 0.29) is 6.04 Å². The largest absolute Gasteiger partial charge is 0.464 e. The third-order valence-electron chi connectivity index (χ3n) is 4.97. The number of para-hydroxylation sites is 1. The molecule has 0 bridgehead atoms. The molecule has 3 unspecified atom stereocenters. The van der Waals surface area contributed by atoms with E-state index in [1.807, 2.05) is 0 Å². The zero-order chi connectivity index (χ0) is 14.4. The van der Waals surface area contributed by atoms with Gasteiger partial charge in [-0.05, 0) is 42.5 Å². The molecule has 0 saturated heterocycles. The van der Waals surface area contributed by atoms with E-state index in [2.05, 4.69) is 48.2 Å². The van der Waals surface area contributed by atoms with Crippen molar-refractivity contribution in [2.24, 2.45) is 11.7 Å². The van der Waals surface area contributed by atoms with Crippen LogP contribution < -0.4 is 10.6 Å². The fraction of sp³-hybridized carbons (Fsp3) is 0.444. The lowest BCUT2D eigenvalue weighted by Crippen LogP contribution is -2.32. The smallest absolute Gasteiger partial charge is 0.127 e. The molecule has 0 amide bonds. The van der Waals surface area contributed by atoms with E-state index in [9.17, 15) is 0 Å². The Balaban J connectivity index is 1.62. The van der Waals surface area contributed by atoms with Gasteiger partial charge >= 0.3 is 0 Å². The maximum atomic E-state index is 6.14. The maximum absolute atomic E-state index is 6.14. The van der Waals surface area contributed by atoms with Gasteiger partial charge in [-0.15, -0.1) is 0 Å². The molecule has 1 saturated carbocycles. The predicted octanol–water partition coefficient (Wildman–Crippen LogP) is 3.47. The lowest BCUT2D eigenvalue weighted by Gasteiger charge is -2.27. The summed E-state index contributed by atoms with van der Waals surface area (Å²) >= 11 is 0. The van der Waals surface area contributed by atoms with Gasteiger partial charge in [-0.2, -0.15) is 0 Å². The Labute approximate surface area is 125 Å². The second-order valence-corrected chi connectivity index (χ2v) is 6.38. The molecular formula is C18H22N2O. The normalized spacial score (nSPS) is 25.0. The molecule has 1 aliphatic heterocycles. The highest BCUT2D eigenvalue weighted by molar-refractivity contribution is 5.59.